The van der Waals surface area contributed by atoms with Gasteiger partial charge in [0.25, 0.3) is 5.91 Å². The summed E-state index contributed by atoms with van der Waals surface area (Å²) in [7, 11) is 0. The summed E-state index contributed by atoms with van der Waals surface area (Å²) in [6.07, 6.45) is 0. The zero-order valence-electron chi connectivity index (χ0n) is 16.5. The molecule has 4 amide bonds. The molecule has 8 heteroatoms. The summed E-state index contributed by atoms with van der Waals surface area (Å²) in [5, 5.41) is 5.16. The minimum Gasteiger partial charge on any atom is -0.318 e. The highest BCUT2D eigenvalue weighted by Crippen LogP contribution is 2.28. The van der Waals surface area contributed by atoms with Gasteiger partial charge in [-0.05, 0) is 37.1 Å². The molecule has 1 aliphatic rings. The van der Waals surface area contributed by atoms with Crippen LogP contribution in [0.2, 0.25) is 0 Å². The Balaban J connectivity index is 1.43. The van der Waals surface area contributed by atoms with Gasteiger partial charge in [0.1, 0.15) is 5.54 Å². The van der Waals surface area contributed by atoms with Gasteiger partial charge in [-0.15, -0.1) is 0 Å². The first-order chi connectivity index (χ1) is 14.4. The van der Waals surface area contributed by atoms with E-state index in [-0.39, 0.29) is 5.75 Å². The van der Waals surface area contributed by atoms with Crippen molar-refractivity contribution in [2.45, 2.75) is 24.4 Å². The van der Waals surface area contributed by atoms with Gasteiger partial charge in [-0.1, -0.05) is 60.3 Å². The zero-order chi connectivity index (χ0) is 21.3. The van der Waals surface area contributed by atoms with Gasteiger partial charge in [0.2, 0.25) is 5.91 Å². The maximum absolute atomic E-state index is 12.8. The van der Waals surface area contributed by atoms with Crippen molar-refractivity contribution in [1.82, 2.24) is 20.7 Å². The Morgan fingerprint density at radius 3 is 2.60 bits per heavy atom. The first-order valence-corrected chi connectivity index (χ1v) is 10.4. The minimum atomic E-state index is -1.23. The lowest BCUT2D eigenvalue weighted by atomic mass is 9.92. The summed E-state index contributed by atoms with van der Waals surface area (Å²) in [6.45, 7) is 3.61. The summed E-state index contributed by atoms with van der Waals surface area (Å²) in [5.41, 5.74) is 3.75. The summed E-state index contributed by atoms with van der Waals surface area (Å²) >= 11 is 1.25. The number of hydrazine groups is 1. The van der Waals surface area contributed by atoms with Crippen LogP contribution in [0.3, 0.4) is 0 Å². The number of thioether (sulfide) groups is 1. The highest BCUT2D eigenvalue weighted by Gasteiger charge is 2.49. The number of carbonyl (C=O) groups is 3. The average molecular weight is 420 g/mol. The molecule has 1 aliphatic heterocycles. The SMILES string of the molecule is Cc1cc(SCC(=O)NN2C(=O)N[C@@](C)(c3ccccc3)C2=O)nc2ccccc12. The van der Waals surface area contributed by atoms with Crippen molar-refractivity contribution in [3.8, 4) is 0 Å². The van der Waals surface area contributed by atoms with Crippen molar-refractivity contribution < 1.29 is 14.4 Å². The Morgan fingerprint density at radius 1 is 1.13 bits per heavy atom. The summed E-state index contributed by atoms with van der Waals surface area (Å²) in [6, 6.07) is 18.0. The topological polar surface area (TPSA) is 91.4 Å². The molecular formula is C22H20N4O3S. The number of hydrogen-bond acceptors (Lipinski definition) is 5. The Bertz CT molecular complexity index is 1150. The number of nitrogens with one attached hydrogen (secondary N) is 2. The molecule has 2 heterocycles. The maximum Gasteiger partial charge on any atom is 0.344 e. The summed E-state index contributed by atoms with van der Waals surface area (Å²) in [4.78, 5) is 42.2. The monoisotopic (exact) mass is 420 g/mol. The molecule has 1 aromatic heterocycles. The van der Waals surface area contributed by atoms with Crippen LogP contribution in [-0.4, -0.2) is 33.6 Å². The highest BCUT2D eigenvalue weighted by atomic mass is 32.2. The van der Waals surface area contributed by atoms with Crippen molar-refractivity contribution in [3.63, 3.8) is 0 Å². The van der Waals surface area contributed by atoms with Crippen LogP contribution in [0, 0.1) is 6.92 Å². The van der Waals surface area contributed by atoms with E-state index in [1.807, 2.05) is 43.3 Å². The van der Waals surface area contributed by atoms with Crippen LogP contribution in [0.4, 0.5) is 4.79 Å². The Hall–Kier alpha value is -3.39. The predicted molar refractivity (Wildman–Crippen MR) is 115 cm³/mol. The fourth-order valence-electron chi connectivity index (χ4n) is 3.40. The maximum atomic E-state index is 12.8. The number of amides is 4. The molecule has 0 spiro atoms. The molecule has 152 valence electrons. The number of aromatic nitrogens is 1. The van der Waals surface area contributed by atoms with Crippen molar-refractivity contribution >= 4 is 40.5 Å². The molecule has 30 heavy (non-hydrogen) atoms. The lowest BCUT2D eigenvalue weighted by Crippen LogP contribution is -2.48. The van der Waals surface area contributed by atoms with Gasteiger partial charge < -0.3 is 5.32 Å². The van der Waals surface area contributed by atoms with Crippen LogP contribution in [-0.2, 0) is 15.1 Å². The number of pyridine rings is 1. The molecule has 0 aliphatic carbocycles. The Morgan fingerprint density at radius 2 is 1.83 bits per heavy atom. The van der Waals surface area contributed by atoms with E-state index in [1.54, 1.807) is 31.2 Å². The third kappa shape index (κ3) is 3.61. The zero-order valence-corrected chi connectivity index (χ0v) is 17.3. The summed E-state index contributed by atoms with van der Waals surface area (Å²) in [5.74, 6) is -0.977. The van der Waals surface area contributed by atoms with Gasteiger partial charge in [-0.25, -0.2) is 9.78 Å². The quantitative estimate of drug-likeness (QED) is 0.489. The van der Waals surface area contributed by atoms with Gasteiger partial charge in [0, 0.05) is 5.39 Å². The van der Waals surface area contributed by atoms with Gasteiger partial charge in [0.15, 0.2) is 0 Å². The third-order valence-corrected chi connectivity index (χ3v) is 5.94. The standard InChI is InChI=1S/C22H20N4O3S/c1-14-12-19(23-17-11-7-6-10-16(14)17)30-13-18(27)25-26-20(28)22(2,24-21(26)29)15-8-4-3-5-9-15/h3-12H,13H2,1-2H3,(H,24,29)(H,25,27)/t22-/m0/s1. The van der Waals surface area contributed by atoms with E-state index in [2.05, 4.69) is 15.7 Å². The molecule has 0 bridgehead atoms. The van der Waals surface area contributed by atoms with Crippen molar-refractivity contribution in [3.05, 3.63) is 71.8 Å². The fraction of sp³-hybridized carbons (Fsp3) is 0.182. The van der Waals surface area contributed by atoms with E-state index in [9.17, 15) is 14.4 Å². The Labute approximate surface area is 177 Å². The van der Waals surface area contributed by atoms with Gasteiger partial charge >= 0.3 is 6.03 Å². The fourth-order valence-corrected chi connectivity index (χ4v) is 4.16. The largest absolute Gasteiger partial charge is 0.344 e. The van der Waals surface area contributed by atoms with E-state index in [0.717, 1.165) is 21.5 Å². The lowest BCUT2D eigenvalue weighted by molar-refractivity contribution is -0.138. The van der Waals surface area contributed by atoms with E-state index < -0.39 is 23.4 Å². The number of benzene rings is 2. The molecule has 0 unspecified atom stereocenters. The van der Waals surface area contributed by atoms with Gasteiger partial charge in [0.05, 0.1) is 16.3 Å². The Kier molecular flexibility index (Phi) is 5.17. The van der Waals surface area contributed by atoms with E-state index in [4.69, 9.17) is 0 Å². The number of aryl methyl sites for hydroxylation is 1. The lowest BCUT2D eigenvalue weighted by Gasteiger charge is -2.22. The number of rotatable bonds is 5. The molecule has 2 N–H and O–H groups in total. The van der Waals surface area contributed by atoms with Crippen molar-refractivity contribution in [1.29, 1.82) is 0 Å². The van der Waals surface area contributed by atoms with Crippen LogP contribution < -0.4 is 10.7 Å². The van der Waals surface area contributed by atoms with Crippen LogP contribution in [0.1, 0.15) is 18.1 Å². The molecule has 7 nitrogen and oxygen atoms in total. The number of hydrogen-bond donors (Lipinski definition) is 2. The van der Waals surface area contributed by atoms with E-state index in [1.165, 1.54) is 11.8 Å². The molecule has 0 saturated carbocycles. The first kappa shape index (κ1) is 19.9. The minimum absolute atomic E-state index is 0.0177. The van der Waals surface area contributed by atoms with Crippen LogP contribution in [0.25, 0.3) is 10.9 Å². The molecule has 4 rings (SSSR count). The second-order valence-corrected chi connectivity index (χ2v) is 8.18. The number of para-hydroxylation sites is 1. The summed E-state index contributed by atoms with van der Waals surface area (Å²) < 4.78 is 0. The van der Waals surface area contributed by atoms with Crippen LogP contribution in [0.5, 0.6) is 0 Å². The highest BCUT2D eigenvalue weighted by molar-refractivity contribution is 7.99. The molecule has 1 saturated heterocycles. The average Bonchev–Trinajstić information content (AvgIpc) is 2.97. The molecule has 1 fully saturated rings. The van der Waals surface area contributed by atoms with E-state index in [0.29, 0.717) is 10.6 Å². The van der Waals surface area contributed by atoms with Crippen LogP contribution in [0.15, 0.2) is 65.7 Å². The molecule has 2 aromatic carbocycles. The first-order valence-electron chi connectivity index (χ1n) is 9.39. The van der Waals surface area contributed by atoms with Gasteiger partial charge in [-0.2, -0.15) is 5.01 Å². The molecule has 3 aromatic rings. The normalized spacial score (nSPS) is 18.5. The third-order valence-electron chi connectivity index (χ3n) is 5.03. The predicted octanol–water partition coefficient (Wildman–Crippen LogP) is 3.13. The molecule has 0 radical (unpaired) electrons. The number of fused-ring (bicyclic) bond motifs is 1. The van der Waals surface area contributed by atoms with Crippen LogP contribution >= 0.6 is 11.8 Å². The van der Waals surface area contributed by atoms with Crippen molar-refractivity contribution in [2.75, 3.05) is 5.75 Å². The second kappa shape index (κ2) is 7.79. The molecular weight excluding hydrogens is 400 g/mol. The number of urea groups is 1. The number of carbonyl (C=O) groups excluding carboxylic acids is 3. The van der Waals surface area contributed by atoms with Crippen molar-refractivity contribution in [2.24, 2.45) is 0 Å². The smallest absolute Gasteiger partial charge is 0.318 e. The number of imide groups is 1. The number of nitrogens with zero attached hydrogens (tertiary/aromatic N) is 2. The van der Waals surface area contributed by atoms with E-state index >= 15 is 0 Å². The van der Waals surface area contributed by atoms with Gasteiger partial charge in [-0.3, -0.25) is 15.0 Å². The molecule has 1 atom stereocenters. The second-order valence-electron chi connectivity index (χ2n) is 7.18.